The minimum atomic E-state index is -5.28. The molecule has 2 N–H and O–H groups in total. The molecule has 0 aliphatic rings. The van der Waals surface area contributed by atoms with E-state index >= 15 is 0 Å². The van der Waals surface area contributed by atoms with Crippen molar-refractivity contribution >= 4 is 12.0 Å². The van der Waals surface area contributed by atoms with E-state index in [-0.39, 0.29) is 12.4 Å². The lowest BCUT2D eigenvalue weighted by atomic mass is 9.99. The Balaban J connectivity index is 3.68. The third-order valence-electron chi connectivity index (χ3n) is 1.91. The van der Waals surface area contributed by atoms with Gasteiger partial charge in [-0.05, 0) is 12.1 Å². The summed E-state index contributed by atoms with van der Waals surface area (Å²) in [6, 6.07) is 0.695. The zero-order valence-electron chi connectivity index (χ0n) is 7.99. The van der Waals surface area contributed by atoms with Crippen molar-refractivity contribution in [3.8, 4) is 0 Å². The minimum Gasteiger partial charge on any atom is -0.399 e. The molecule has 0 fully saturated rings. The Morgan fingerprint density at radius 1 is 1.00 bits per heavy atom. The first-order valence-electron chi connectivity index (χ1n) is 4.10. The average molecular weight is 257 g/mol. The second-order valence-corrected chi connectivity index (χ2v) is 3.15. The highest BCUT2D eigenvalue weighted by molar-refractivity contribution is 5.80. The summed E-state index contributed by atoms with van der Waals surface area (Å²) in [7, 11) is 0. The van der Waals surface area contributed by atoms with Gasteiger partial charge in [-0.25, -0.2) is 0 Å². The second-order valence-electron chi connectivity index (χ2n) is 3.15. The predicted octanol–water partition coefficient (Wildman–Crippen LogP) is 3.12. The van der Waals surface area contributed by atoms with Crippen LogP contribution in [-0.2, 0) is 12.4 Å². The fraction of sp³-hybridized carbons (Fsp3) is 0.222. The number of rotatable bonds is 1. The van der Waals surface area contributed by atoms with Gasteiger partial charge in [-0.1, -0.05) is 0 Å². The Hall–Kier alpha value is -1.73. The smallest absolute Gasteiger partial charge is 0.399 e. The third kappa shape index (κ3) is 2.69. The average Bonchev–Trinajstić information content (AvgIpc) is 2.12. The van der Waals surface area contributed by atoms with Crippen molar-refractivity contribution in [1.29, 1.82) is 0 Å². The molecule has 94 valence electrons. The molecule has 0 heterocycles. The molecule has 0 atom stereocenters. The van der Waals surface area contributed by atoms with E-state index in [1.807, 2.05) is 0 Å². The molecule has 0 radical (unpaired) electrons. The SMILES string of the molecule is Nc1cc(C=O)c(C(F)(F)F)c(C(F)(F)F)c1. The Labute approximate surface area is 91.0 Å². The van der Waals surface area contributed by atoms with Crippen molar-refractivity contribution in [1.82, 2.24) is 0 Å². The van der Waals surface area contributed by atoms with Crippen LogP contribution in [0.1, 0.15) is 21.5 Å². The Morgan fingerprint density at radius 3 is 1.88 bits per heavy atom. The van der Waals surface area contributed by atoms with E-state index in [4.69, 9.17) is 5.73 Å². The van der Waals surface area contributed by atoms with Crippen LogP contribution in [0.25, 0.3) is 0 Å². The number of nitrogen functional groups attached to an aromatic ring is 1. The van der Waals surface area contributed by atoms with E-state index in [0.29, 0.717) is 6.07 Å². The molecular weight excluding hydrogens is 252 g/mol. The van der Waals surface area contributed by atoms with Gasteiger partial charge in [0.2, 0.25) is 0 Å². The molecule has 1 aromatic rings. The normalized spacial score (nSPS) is 12.6. The first-order chi connectivity index (χ1) is 7.57. The highest BCUT2D eigenvalue weighted by Crippen LogP contribution is 2.42. The van der Waals surface area contributed by atoms with Gasteiger partial charge in [-0.2, -0.15) is 26.3 Å². The molecule has 0 bridgehead atoms. The molecule has 0 unspecified atom stereocenters. The number of carbonyl (C=O) groups is 1. The number of aldehydes is 1. The van der Waals surface area contributed by atoms with Gasteiger partial charge in [0.15, 0.2) is 6.29 Å². The van der Waals surface area contributed by atoms with E-state index in [1.165, 1.54) is 0 Å². The van der Waals surface area contributed by atoms with Crippen LogP contribution in [0.15, 0.2) is 12.1 Å². The van der Waals surface area contributed by atoms with Crippen LogP contribution in [0, 0.1) is 0 Å². The summed E-state index contributed by atoms with van der Waals surface area (Å²) in [4.78, 5) is 10.4. The zero-order chi connectivity index (χ0) is 13.4. The van der Waals surface area contributed by atoms with Gasteiger partial charge in [0.05, 0.1) is 11.1 Å². The van der Waals surface area contributed by atoms with Crippen LogP contribution >= 0.6 is 0 Å². The van der Waals surface area contributed by atoms with E-state index in [1.54, 1.807) is 0 Å². The van der Waals surface area contributed by atoms with Crippen LogP contribution < -0.4 is 5.73 Å². The predicted molar refractivity (Wildman–Crippen MR) is 46.2 cm³/mol. The van der Waals surface area contributed by atoms with Gasteiger partial charge in [0.1, 0.15) is 0 Å². The number of alkyl halides is 6. The molecule has 1 aromatic carbocycles. The maximum Gasteiger partial charge on any atom is 0.417 e. The highest BCUT2D eigenvalue weighted by Gasteiger charge is 2.45. The molecule has 17 heavy (non-hydrogen) atoms. The Morgan fingerprint density at radius 2 is 1.53 bits per heavy atom. The summed E-state index contributed by atoms with van der Waals surface area (Å²) in [6.45, 7) is 0. The molecule has 1 rings (SSSR count). The van der Waals surface area contributed by atoms with Crippen LogP contribution in [0.2, 0.25) is 0 Å². The van der Waals surface area contributed by atoms with Gasteiger partial charge < -0.3 is 5.73 Å². The second kappa shape index (κ2) is 3.94. The van der Waals surface area contributed by atoms with Gasteiger partial charge in [0, 0.05) is 11.3 Å². The summed E-state index contributed by atoms with van der Waals surface area (Å²) in [5, 5.41) is 0. The van der Waals surface area contributed by atoms with Crippen molar-refractivity contribution in [2.75, 3.05) is 5.73 Å². The number of benzene rings is 1. The molecule has 0 aromatic heterocycles. The maximum atomic E-state index is 12.5. The van der Waals surface area contributed by atoms with Gasteiger partial charge in [-0.15, -0.1) is 0 Å². The number of halogens is 6. The van der Waals surface area contributed by atoms with Crippen LogP contribution in [0.5, 0.6) is 0 Å². The minimum absolute atomic E-state index is 0.149. The summed E-state index contributed by atoms with van der Waals surface area (Å²) < 4.78 is 74.6. The van der Waals surface area contributed by atoms with Crippen LogP contribution in [0.3, 0.4) is 0 Å². The number of nitrogens with two attached hydrogens (primary N) is 1. The molecule has 0 aliphatic heterocycles. The summed E-state index contributed by atoms with van der Waals surface area (Å²) in [5.74, 6) is 0. The van der Waals surface area contributed by atoms with Crippen LogP contribution in [-0.4, -0.2) is 6.29 Å². The molecule has 8 heteroatoms. The van der Waals surface area contributed by atoms with E-state index in [9.17, 15) is 31.1 Å². The quantitative estimate of drug-likeness (QED) is 0.477. The molecule has 0 aliphatic carbocycles. The van der Waals surface area contributed by atoms with Gasteiger partial charge >= 0.3 is 12.4 Å². The molecule has 0 spiro atoms. The topological polar surface area (TPSA) is 43.1 Å². The fourth-order valence-corrected chi connectivity index (χ4v) is 1.32. The van der Waals surface area contributed by atoms with Crippen LogP contribution in [0.4, 0.5) is 32.0 Å². The lowest BCUT2D eigenvalue weighted by Crippen LogP contribution is -2.19. The van der Waals surface area contributed by atoms with E-state index in [0.717, 1.165) is 0 Å². The largest absolute Gasteiger partial charge is 0.417 e. The molecule has 2 nitrogen and oxygen atoms in total. The van der Waals surface area contributed by atoms with Crippen molar-refractivity contribution in [2.45, 2.75) is 12.4 Å². The molecule has 0 saturated carbocycles. The van der Waals surface area contributed by atoms with Crippen molar-refractivity contribution < 1.29 is 31.1 Å². The van der Waals surface area contributed by atoms with Gasteiger partial charge in [0.25, 0.3) is 0 Å². The van der Waals surface area contributed by atoms with Crippen molar-refractivity contribution in [2.24, 2.45) is 0 Å². The first-order valence-corrected chi connectivity index (χ1v) is 4.10. The van der Waals surface area contributed by atoms with E-state index < -0.39 is 34.7 Å². The van der Waals surface area contributed by atoms with Crippen molar-refractivity contribution in [3.63, 3.8) is 0 Å². The Kier molecular flexibility index (Phi) is 3.09. The zero-order valence-corrected chi connectivity index (χ0v) is 7.99. The molecule has 0 amide bonds. The lowest BCUT2D eigenvalue weighted by molar-refractivity contribution is -0.162. The summed E-state index contributed by atoms with van der Waals surface area (Å²) in [5.41, 5.74) is -0.664. The number of hydrogen-bond donors (Lipinski definition) is 1. The Bertz CT molecular complexity index is 448. The number of carbonyl (C=O) groups excluding carboxylic acids is 1. The fourth-order valence-electron chi connectivity index (χ4n) is 1.32. The lowest BCUT2D eigenvalue weighted by Gasteiger charge is -2.17. The first kappa shape index (κ1) is 13.3. The van der Waals surface area contributed by atoms with E-state index in [2.05, 4.69) is 0 Å². The molecule has 0 saturated heterocycles. The standard InChI is InChI=1S/C9H5F6NO/c10-8(11,12)6-2-5(16)1-4(3-17)7(6)9(13,14)15/h1-3H,16H2. The number of anilines is 1. The summed E-state index contributed by atoms with van der Waals surface area (Å²) in [6.07, 6.45) is -10.8. The summed E-state index contributed by atoms with van der Waals surface area (Å²) >= 11 is 0. The third-order valence-corrected chi connectivity index (χ3v) is 1.91. The maximum absolute atomic E-state index is 12.5. The monoisotopic (exact) mass is 257 g/mol. The number of hydrogen-bond acceptors (Lipinski definition) is 2. The van der Waals surface area contributed by atoms with Crippen molar-refractivity contribution in [3.05, 3.63) is 28.8 Å². The van der Waals surface area contributed by atoms with Gasteiger partial charge in [-0.3, -0.25) is 4.79 Å². The highest BCUT2D eigenvalue weighted by atomic mass is 19.4. The molecular formula is C9H5F6NO.